The van der Waals surface area contributed by atoms with Gasteiger partial charge >= 0.3 is 0 Å². The van der Waals surface area contributed by atoms with Gasteiger partial charge in [-0.25, -0.2) is 0 Å². The Labute approximate surface area is 91.4 Å². The van der Waals surface area contributed by atoms with Gasteiger partial charge in [0.1, 0.15) is 0 Å². The van der Waals surface area contributed by atoms with Gasteiger partial charge in [-0.15, -0.1) is 12.3 Å². The highest BCUT2D eigenvalue weighted by atomic mass is 28.2. The van der Waals surface area contributed by atoms with E-state index in [-0.39, 0.29) is 20.6 Å². The zero-order chi connectivity index (χ0) is 11.4. The Morgan fingerprint density at radius 2 is 1.36 bits per heavy atom. The van der Waals surface area contributed by atoms with Crippen molar-refractivity contribution < 1.29 is 0 Å². The lowest BCUT2D eigenvalue weighted by Gasteiger charge is -2.34. The second-order valence-corrected chi connectivity index (χ2v) is 7.73. The van der Waals surface area contributed by atoms with Crippen LogP contribution in [0.3, 0.4) is 0 Å². The van der Waals surface area contributed by atoms with Gasteiger partial charge in [0.05, 0.1) is 9.52 Å². The molecule has 0 bridgehead atoms. The summed E-state index contributed by atoms with van der Waals surface area (Å²) in [6.07, 6.45) is 0. The molecule has 0 rings (SSSR count). The van der Waals surface area contributed by atoms with Gasteiger partial charge in [0.25, 0.3) is 0 Å². The van der Waals surface area contributed by atoms with Gasteiger partial charge in [0, 0.05) is 16.9 Å². The molecule has 0 aromatic carbocycles. The first-order valence-corrected chi connectivity index (χ1v) is 6.94. The van der Waals surface area contributed by atoms with Crippen molar-refractivity contribution in [1.29, 1.82) is 0 Å². The van der Waals surface area contributed by atoms with Gasteiger partial charge in [-0.05, 0) is 41.5 Å². The summed E-state index contributed by atoms with van der Waals surface area (Å²) < 4.78 is 0. The summed E-state index contributed by atoms with van der Waals surface area (Å²) in [5, 5.41) is 7.19. The van der Waals surface area contributed by atoms with E-state index in [4.69, 9.17) is 0 Å². The van der Waals surface area contributed by atoms with Crippen LogP contribution < -0.4 is 10.6 Å². The highest BCUT2D eigenvalue weighted by Gasteiger charge is 2.20. The molecular weight excluding hydrogens is 188 g/mol. The van der Waals surface area contributed by atoms with Gasteiger partial charge in [0.2, 0.25) is 0 Å². The number of rotatable bonds is 4. The van der Waals surface area contributed by atoms with E-state index < -0.39 is 0 Å². The minimum atomic E-state index is -0.282. The maximum Gasteiger partial charge on any atom is 0.0818 e. The Morgan fingerprint density at radius 3 is 1.57 bits per heavy atom. The van der Waals surface area contributed by atoms with Crippen molar-refractivity contribution in [3.63, 3.8) is 0 Å². The predicted molar refractivity (Wildman–Crippen MR) is 68.3 cm³/mol. The molecule has 0 aliphatic heterocycles. The van der Waals surface area contributed by atoms with Crippen molar-refractivity contribution in [1.82, 2.24) is 10.6 Å². The molecule has 0 aliphatic carbocycles. The van der Waals surface area contributed by atoms with E-state index in [9.17, 15) is 0 Å². The molecule has 0 saturated heterocycles. The van der Waals surface area contributed by atoms with Gasteiger partial charge in [-0.1, -0.05) is 0 Å². The van der Waals surface area contributed by atoms with Crippen LogP contribution in [0, 0.1) is 0 Å². The summed E-state index contributed by atoms with van der Waals surface area (Å²) in [4.78, 5) is 0. The molecule has 0 aromatic heterocycles. The average molecular weight is 214 g/mol. The van der Waals surface area contributed by atoms with E-state index in [1.54, 1.807) is 0 Å². The standard InChI is InChI=1S/C11H26N2Si/c1-8-14-9(12-10(2,3)4)13-11(5,6)7/h8-9,12-13H,1,14H2,2-7H3. The lowest BCUT2D eigenvalue weighted by Crippen LogP contribution is -2.58. The molecule has 0 saturated carbocycles. The van der Waals surface area contributed by atoms with Gasteiger partial charge < -0.3 is 10.6 Å². The monoisotopic (exact) mass is 214 g/mol. The lowest BCUT2D eigenvalue weighted by molar-refractivity contribution is 0.317. The van der Waals surface area contributed by atoms with Crippen molar-refractivity contribution in [2.45, 2.75) is 58.4 Å². The van der Waals surface area contributed by atoms with Crippen LogP contribution in [0.2, 0.25) is 0 Å². The quantitative estimate of drug-likeness (QED) is 0.545. The van der Waals surface area contributed by atoms with Crippen LogP contribution in [0.1, 0.15) is 41.5 Å². The van der Waals surface area contributed by atoms with E-state index >= 15 is 0 Å². The third-order valence-corrected chi connectivity index (χ3v) is 2.83. The molecule has 0 aliphatic rings. The summed E-state index contributed by atoms with van der Waals surface area (Å²) in [5.41, 5.74) is 2.42. The molecule has 84 valence electrons. The number of hydrogen-bond acceptors (Lipinski definition) is 2. The molecular formula is C11H26N2Si. The van der Waals surface area contributed by atoms with Gasteiger partial charge in [0.15, 0.2) is 0 Å². The van der Waals surface area contributed by atoms with Gasteiger partial charge in [-0.3, -0.25) is 0 Å². The summed E-state index contributed by atoms with van der Waals surface area (Å²) in [6, 6.07) is 0. The minimum absolute atomic E-state index is 0.166. The van der Waals surface area contributed by atoms with Crippen molar-refractivity contribution >= 4 is 9.52 Å². The van der Waals surface area contributed by atoms with Crippen LogP contribution in [0.4, 0.5) is 0 Å². The topological polar surface area (TPSA) is 24.1 Å². The molecule has 0 spiro atoms. The van der Waals surface area contributed by atoms with Crippen LogP contribution in [-0.2, 0) is 0 Å². The largest absolute Gasteiger partial charge is 0.300 e. The summed E-state index contributed by atoms with van der Waals surface area (Å²) in [5.74, 6) is 0.437. The highest BCUT2D eigenvalue weighted by molar-refractivity contribution is 6.43. The maximum absolute atomic E-state index is 3.84. The molecule has 0 atom stereocenters. The Hall–Kier alpha value is -0.123. The summed E-state index contributed by atoms with van der Waals surface area (Å²) in [6.45, 7) is 17.0. The van der Waals surface area contributed by atoms with E-state index in [0.29, 0.717) is 5.79 Å². The van der Waals surface area contributed by atoms with Crippen molar-refractivity contribution in [3.8, 4) is 0 Å². The molecule has 0 radical (unpaired) electrons. The fraction of sp³-hybridized carbons (Fsp3) is 0.818. The molecule has 0 unspecified atom stereocenters. The fourth-order valence-corrected chi connectivity index (χ4v) is 3.16. The average Bonchev–Trinajstić information content (AvgIpc) is 1.78. The Balaban J connectivity index is 4.23. The highest BCUT2D eigenvalue weighted by Crippen LogP contribution is 2.04. The number of nitrogens with one attached hydrogen (secondary N) is 2. The first-order chi connectivity index (χ1) is 6.14. The van der Waals surface area contributed by atoms with Crippen LogP contribution in [0.15, 0.2) is 12.3 Å². The van der Waals surface area contributed by atoms with E-state index in [1.165, 1.54) is 0 Å². The van der Waals surface area contributed by atoms with Crippen LogP contribution >= 0.6 is 0 Å². The molecule has 3 heteroatoms. The van der Waals surface area contributed by atoms with E-state index in [2.05, 4.69) is 64.5 Å². The number of hydrogen-bond donors (Lipinski definition) is 2. The second-order valence-electron chi connectivity index (χ2n) is 5.87. The molecule has 14 heavy (non-hydrogen) atoms. The zero-order valence-electron chi connectivity index (χ0n) is 10.6. The molecule has 2 N–H and O–H groups in total. The van der Waals surface area contributed by atoms with Gasteiger partial charge in [-0.2, -0.15) is 0 Å². The molecule has 0 fully saturated rings. The summed E-state index contributed by atoms with van der Waals surface area (Å²) >= 11 is 0. The first-order valence-electron chi connectivity index (χ1n) is 5.30. The van der Waals surface area contributed by atoms with Crippen LogP contribution in [0.25, 0.3) is 0 Å². The first kappa shape index (κ1) is 13.9. The van der Waals surface area contributed by atoms with Crippen molar-refractivity contribution in [2.24, 2.45) is 0 Å². The Morgan fingerprint density at radius 1 is 1.00 bits per heavy atom. The van der Waals surface area contributed by atoms with Crippen molar-refractivity contribution in [2.75, 3.05) is 0 Å². The smallest absolute Gasteiger partial charge is 0.0818 e. The molecule has 0 amide bonds. The zero-order valence-corrected chi connectivity index (χ0v) is 12.0. The second kappa shape index (κ2) is 5.10. The minimum Gasteiger partial charge on any atom is -0.300 e. The normalized spacial score (nSPS) is 14.2. The van der Waals surface area contributed by atoms with Crippen molar-refractivity contribution in [3.05, 3.63) is 12.3 Å². The predicted octanol–water partition coefficient (Wildman–Crippen LogP) is 1.36. The third-order valence-electron chi connectivity index (χ3n) is 1.62. The molecule has 0 aromatic rings. The van der Waals surface area contributed by atoms with Crippen LogP contribution in [0.5, 0.6) is 0 Å². The Kier molecular flexibility index (Phi) is 5.05. The SMILES string of the molecule is C=C[SiH2]C(NC(C)(C)C)NC(C)(C)C. The van der Waals surface area contributed by atoms with E-state index in [1.807, 2.05) is 0 Å². The third kappa shape index (κ3) is 8.47. The fourth-order valence-electron chi connectivity index (χ4n) is 1.37. The summed E-state index contributed by atoms with van der Waals surface area (Å²) in [7, 11) is -0.282. The van der Waals surface area contributed by atoms with E-state index in [0.717, 1.165) is 0 Å². The molecule has 0 heterocycles. The lowest BCUT2D eigenvalue weighted by atomic mass is 10.1. The maximum atomic E-state index is 3.84. The Bertz CT molecular complexity index is 161. The molecule has 2 nitrogen and oxygen atoms in total. The van der Waals surface area contributed by atoms with Crippen LogP contribution in [-0.4, -0.2) is 26.4 Å².